The van der Waals surface area contributed by atoms with Gasteiger partial charge in [0, 0.05) is 49.2 Å². The van der Waals surface area contributed by atoms with Gasteiger partial charge in [-0.3, -0.25) is 9.48 Å². The second kappa shape index (κ2) is 8.29. The molecule has 1 aliphatic heterocycles. The van der Waals surface area contributed by atoms with Crippen LogP contribution >= 0.6 is 0 Å². The van der Waals surface area contributed by atoms with E-state index in [0.29, 0.717) is 29.6 Å². The summed E-state index contributed by atoms with van der Waals surface area (Å²) >= 11 is 0. The first-order valence-corrected chi connectivity index (χ1v) is 10.6. The second-order valence-corrected chi connectivity index (χ2v) is 8.01. The van der Waals surface area contributed by atoms with Crippen molar-refractivity contribution in [2.75, 3.05) is 18.0 Å². The molecule has 5 heterocycles. The molecule has 168 valence electrons. The third kappa shape index (κ3) is 3.69. The van der Waals surface area contributed by atoms with Crippen molar-refractivity contribution < 1.29 is 4.79 Å². The van der Waals surface area contributed by atoms with E-state index in [9.17, 15) is 10.1 Å². The maximum Gasteiger partial charge on any atom is 0.248 e. The van der Waals surface area contributed by atoms with Crippen LogP contribution in [0.3, 0.4) is 0 Å². The minimum atomic E-state index is -0.566. The maximum absolute atomic E-state index is 11.3. The van der Waals surface area contributed by atoms with Gasteiger partial charge in [-0.05, 0) is 24.1 Å². The molecular formula is C24H21N9O. The van der Waals surface area contributed by atoms with Crippen molar-refractivity contribution in [2.24, 2.45) is 12.8 Å². The Labute approximate surface area is 195 Å². The molecule has 0 bridgehead atoms. The van der Waals surface area contributed by atoms with Crippen LogP contribution in [-0.2, 0) is 11.8 Å². The molecule has 0 saturated carbocycles. The number of carbonyl (C=O) groups is 1. The zero-order valence-corrected chi connectivity index (χ0v) is 18.5. The number of hydrogen-bond donors (Lipinski definition) is 1. The number of hydrogen-bond acceptors (Lipinski definition) is 7. The van der Waals surface area contributed by atoms with Crippen LogP contribution in [0.4, 0.5) is 5.82 Å². The minimum Gasteiger partial charge on any atom is -0.366 e. The summed E-state index contributed by atoms with van der Waals surface area (Å²) in [5.41, 5.74) is 10.7. The molecule has 1 aliphatic rings. The highest BCUT2D eigenvalue weighted by atomic mass is 16.1. The molecule has 4 aromatic heterocycles. The number of nitriles is 1. The average molecular weight is 451 g/mol. The quantitative estimate of drug-likeness (QED) is 0.460. The third-order valence-electron chi connectivity index (χ3n) is 5.85. The summed E-state index contributed by atoms with van der Waals surface area (Å²) in [5.74, 6) is 0.227. The summed E-state index contributed by atoms with van der Waals surface area (Å²) < 4.78 is 3.43. The van der Waals surface area contributed by atoms with Gasteiger partial charge in [-0.15, -0.1) is 0 Å². The van der Waals surface area contributed by atoms with Crippen LogP contribution in [0.2, 0.25) is 0 Å². The smallest absolute Gasteiger partial charge is 0.248 e. The van der Waals surface area contributed by atoms with Crippen molar-refractivity contribution in [3.8, 4) is 17.3 Å². The van der Waals surface area contributed by atoms with Gasteiger partial charge < -0.3 is 10.6 Å². The number of rotatable bonds is 5. The first-order valence-electron chi connectivity index (χ1n) is 10.6. The fourth-order valence-corrected chi connectivity index (χ4v) is 4.00. The molecule has 0 spiro atoms. The van der Waals surface area contributed by atoms with E-state index in [2.05, 4.69) is 38.8 Å². The fourth-order valence-electron chi connectivity index (χ4n) is 4.00. The van der Waals surface area contributed by atoms with Crippen LogP contribution in [-0.4, -0.2) is 48.4 Å². The molecule has 2 N–H and O–H groups in total. The molecule has 10 heteroatoms. The van der Waals surface area contributed by atoms with Crippen LogP contribution < -0.4 is 10.6 Å². The first-order chi connectivity index (χ1) is 16.4. The first kappa shape index (κ1) is 21.1. The Hall–Kier alpha value is -4.78. The van der Waals surface area contributed by atoms with Crippen molar-refractivity contribution in [2.45, 2.75) is 6.42 Å². The van der Waals surface area contributed by atoms with Crippen LogP contribution in [0.5, 0.6) is 0 Å². The second-order valence-electron chi connectivity index (χ2n) is 8.01. The minimum absolute atomic E-state index is 0.234. The highest BCUT2D eigenvalue weighted by Crippen LogP contribution is 2.30. The lowest BCUT2D eigenvalue weighted by Crippen LogP contribution is -2.29. The number of aromatic nitrogens is 6. The number of anilines is 1. The van der Waals surface area contributed by atoms with Crippen LogP contribution in [0.1, 0.15) is 23.2 Å². The highest BCUT2D eigenvalue weighted by Gasteiger charge is 2.21. The van der Waals surface area contributed by atoms with Crippen molar-refractivity contribution in [1.82, 2.24) is 29.4 Å². The number of primary amides is 1. The number of amides is 1. The molecule has 34 heavy (non-hydrogen) atoms. The molecule has 10 nitrogen and oxygen atoms in total. The molecule has 0 fully saturated rings. The Morgan fingerprint density at radius 3 is 2.68 bits per heavy atom. The van der Waals surface area contributed by atoms with Gasteiger partial charge >= 0.3 is 0 Å². The number of pyridine rings is 1. The summed E-state index contributed by atoms with van der Waals surface area (Å²) in [7, 11) is 1.85. The molecule has 5 rings (SSSR count). The largest absolute Gasteiger partial charge is 0.366 e. The number of aryl methyl sites for hydroxylation is 1. The van der Waals surface area contributed by atoms with Crippen LogP contribution in [0, 0.1) is 11.3 Å². The van der Waals surface area contributed by atoms with Crippen molar-refractivity contribution in [3.05, 3.63) is 72.6 Å². The Balaban J connectivity index is 1.48. The van der Waals surface area contributed by atoms with Gasteiger partial charge in [0.1, 0.15) is 17.4 Å². The van der Waals surface area contributed by atoms with Crippen LogP contribution in [0.25, 0.3) is 27.9 Å². The van der Waals surface area contributed by atoms with E-state index >= 15 is 0 Å². The van der Waals surface area contributed by atoms with Gasteiger partial charge in [-0.2, -0.15) is 15.5 Å². The van der Waals surface area contributed by atoms with Crippen molar-refractivity contribution in [1.29, 1.82) is 5.26 Å². The van der Waals surface area contributed by atoms with E-state index in [4.69, 9.17) is 10.7 Å². The van der Waals surface area contributed by atoms with E-state index in [1.165, 1.54) is 0 Å². The van der Waals surface area contributed by atoms with Gasteiger partial charge in [0.25, 0.3) is 0 Å². The lowest BCUT2D eigenvalue weighted by molar-refractivity contribution is -0.112. The molecule has 1 amide bonds. The lowest BCUT2D eigenvalue weighted by Gasteiger charge is -2.27. The number of nitrogens with two attached hydrogens (primary N) is 1. The predicted octanol–water partition coefficient (Wildman–Crippen LogP) is 2.19. The molecule has 0 unspecified atom stereocenters. The van der Waals surface area contributed by atoms with Crippen LogP contribution in [0.15, 0.2) is 55.8 Å². The average Bonchev–Trinajstić information content (AvgIpc) is 3.49. The van der Waals surface area contributed by atoms with Gasteiger partial charge in [-0.25, -0.2) is 14.5 Å². The molecule has 0 saturated heterocycles. The van der Waals surface area contributed by atoms with E-state index in [-0.39, 0.29) is 5.57 Å². The summed E-state index contributed by atoms with van der Waals surface area (Å²) in [5, 5.41) is 18.2. The maximum atomic E-state index is 11.3. The van der Waals surface area contributed by atoms with Gasteiger partial charge in [0.15, 0.2) is 0 Å². The van der Waals surface area contributed by atoms with E-state index in [1.807, 2.05) is 25.5 Å². The van der Waals surface area contributed by atoms with Gasteiger partial charge in [-0.1, -0.05) is 12.7 Å². The van der Waals surface area contributed by atoms with E-state index in [1.54, 1.807) is 33.9 Å². The monoisotopic (exact) mass is 451 g/mol. The summed E-state index contributed by atoms with van der Waals surface area (Å²) in [6.45, 7) is 5.04. The zero-order valence-electron chi connectivity index (χ0n) is 18.5. The summed E-state index contributed by atoms with van der Waals surface area (Å²) in [4.78, 5) is 22.8. The highest BCUT2D eigenvalue weighted by molar-refractivity contribution is 6.17. The summed E-state index contributed by atoms with van der Waals surface area (Å²) in [6.07, 6.45) is 11.5. The van der Waals surface area contributed by atoms with Crippen molar-refractivity contribution in [3.63, 3.8) is 0 Å². The molecule has 4 aromatic rings. The topological polar surface area (TPSA) is 131 Å². The Morgan fingerprint density at radius 1 is 1.21 bits per heavy atom. The van der Waals surface area contributed by atoms with Gasteiger partial charge in [0.2, 0.25) is 5.91 Å². The number of nitrogens with zero attached hydrogens (tertiary/aromatic N) is 8. The molecule has 0 radical (unpaired) electrons. The SMILES string of the molecule is C=C(C(N)=O)c1ccc(N2CC=C(c3nc(-c4cnn(C)c4)cn4ncc(C#N)c34)CC2)nc1. The van der Waals surface area contributed by atoms with E-state index < -0.39 is 5.91 Å². The third-order valence-corrected chi connectivity index (χ3v) is 5.85. The lowest BCUT2D eigenvalue weighted by atomic mass is 10.0. The number of fused-ring (bicyclic) bond motifs is 1. The molecule has 0 atom stereocenters. The summed E-state index contributed by atoms with van der Waals surface area (Å²) in [6, 6.07) is 5.87. The Kier molecular flexibility index (Phi) is 5.14. The predicted molar refractivity (Wildman–Crippen MR) is 127 cm³/mol. The molecule has 0 aromatic carbocycles. The number of carbonyl (C=O) groups excluding carboxylic acids is 1. The molecular weight excluding hydrogens is 430 g/mol. The Morgan fingerprint density at radius 2 is 2.06 bits per heavy atom. The zero-order chi connectivity index (χ0) is 23.8. The normalized spacial score (nSPS) is 13.5. The van der Waals surface area contributed by atoms with Gasteiger partial charge in [0.05, 0.1) is 35.5 Å². The van der Waals surface area contributed by atoms with E-state index in [0.717, 1.165) is 34.9 Å². The molecule has 0 aliphatic carbocycles. The Bertz CT molecular complexity index is 1500. The fraction of sp³-hybridized carbons (Fsp3) is 0.167. The standard InChI is InChI=1S/C24H21N9O/c1-15(24(26)34)17-3-4-21(27-10-17)32-7-5-16(6-8-32)22-23-18(9-25)11-29-33(23)14-20(30-22)19-12-28-31(2)13-19/h3-5,10-14H,1,6-8H2,2H3,(H2,26,34). The van der Waals surface area contributed by atoms with Crippen molar-refractivity contribution >= 4 is 28.4 Å².